The Morgan fingerprint density at radius 2 is 1.65 bits per heavy atom. The van der Waals surface area contributed by atoms with Gasteiger partial charge in [0.15, 0.2) is 0 Å². The summed E-state index contributed by atoms with van der Waals surface area (Å²) < 4.78 is 28.7. The van der Waals surface area contributed by atoms with Crippen LogP contribution in [0, 0.1) is 0 Å². The molecule has 0 fully saturated rings. The molecule has 0 atom stereocenters. The summed E-state index contributed by atoms with van der Waals surface area (Å²) in [7, 11) is -1.65. The van der Waals surface area contributed by atoms with Gasteiger partial charge in [0.2, 0.25) is 0 Å². The average Bonchev–Trinajstić information content (AvgIpc) is 2.28. The van der Waals surface area contributed by atoms with Crippen LogP contribution in [0.3, 0.4) is 0 Å². The third kappa shape index (κ3) is 2.37. The van der Waals surface area contributed by atoms with Crippen LogP contribution in [0.15, 0.2) is 36.4 Å². The Hall–Kier alpha value is -1.66. The highest BCUT2D eigenvalue weighted by Gasteiger charge is 2.16. The van der Waals surface area contributed by atoms with Crippen molar-refractivity contribution in [3.63, 3.8) is 0 Å². The molecule has 0 aromatic heterocycles. The molecule has 0 saturated heterocycles. The van der Waals surface area contributed by atoms with E-state index in [1.165, 1.54) is 18.2 Å². The fourth-order valence-corrected chi connectivity index (χ4v) is 1.73. The number of hydrogen-bond donors (Lipinski definition) is 2. The van der Waals surface area contributed by atoms with Gasteiger partial charge in [-0.2, -0.15) is 8.78 Å². The van der Waals surface area contributed by atoms with Crippen LogP contribution < -0.4 is 10.2 Å². The molecule has 2 aromatic rings. The van der Waals surface area contributed by atoms with Crippen molar-refractivity contribution in [3.8, 4) is 5.75 Å². The summed E-state index contributed by atoms with van der Waals surface area (Å²) in [5, 5.41) is 19.2. The fourth-order valence-electron chi connectivity index (χ4n) is 1.73. The first kappa shape index (κ1) is 11.8. The van der Waals surface area contributed by atoms with Gasteiger partial charge in [-0.1, -0.05) is 30.3 Å². The Labute approximate surface area is 96.4 Å². The van der Waals surface area contributed by atoms with Gasteiger partial charge in [-0.25, -0.2) is 0 Å². The number of fused-ring (bicyclic) bond motifs is 1. The molecule has 17 heavy (non-hydrogen) atoms. The van der Waals surface area contributed by atoms with E-state index >= 15 is 0 Å². The van der Waals surface area contributed by atoms with Crippen LogP contribution >= 0.6 is 0 Å². The standard InChI is InChI=1S/C11H9BF2O3/c13-11(14)17-10-6-2-3-7-8(10)4-1-5-9(7)12(15)16/h1-6,11,15-16H. The van der Waals surface area contributed by atoms with E-state index in [2.05, 4.69) is 4.74 Å². The molecule has 2 aromatic carbocycles. The van der Waals surface area contributed by atoms with Crippen LogP contribution in [0.1, 0.15) is 0 Å². The van der Waals surface area contributed by atoms with Crippen molar-refractivity contribution in [3.05, 3.63) is 36.4 Å². The van der Waals surface area contributed by atoms with Crippen molar-refractivity contribution in [1.82, 2.24) is 0 Å². The number of benzene rings is 2. The van der Waals surface area contributed by atoms with Crippen LogP contribution in [-0.4, -0.2) is 23.8 Å². The highest BCUT2D eigenvalue weighted by atomic mass is 19.3. The second kappa shape index (κ2) is 4.69. The van der Waals surface area contributed by atoms with E-state index in [4.69, 9.17) is 10.0 Å². The molecule has 0 aliphatic carbocycles. The van der Waals surface area contributed by atoms with Gasteiger partial charge < -0.3 is 14.8 Å². The molecule has 0 aliphatic rings. The maximum atomic E-state index is 12.2. The van der Waals surface area contributed by atoms with E-state index in [-0.39, 0.29) is 11.2 Å². The van der Waals surface area contributed by atoms with Gasteiger partial charge >= 0.3 is 13.7 Å². The van der Waals surface area contributed by atoms with Gasteiger partial charge in [0.05, 0.1) is 0 Å². The molecule has 6 heteroatoms. The van der Waals surface area contributed by atoms with Crippen LogP contribution in [-0.2, 0) is 0 Å². The predicted molar refractivity (Wildman–Crippen MR) is 60.4 cm³/mol. The van der Waals surface area contributed by atoms with Crippen molar-refractivity contribution in [2.24, 2.45) is 0 Å². The third-order valence-electron chi connectivity index (χ3n) is 2.41. The van der Waals surface area contributed by atoms with E-state index in [0.717, 1.165) is 0 Å². The molecule has 0 bridgehead atoms. The number of halogens is 2. The quantitative estimate of drug-likeness (QED) is 0.787. The zero-order valence-corrected chi connectivity index (χ0v) is 8.68. The Morgan fingerprint density at radius 3 is 2.29 bits per heavy atom. The molecule has 88 valence electrons. The summed E-state index contributed by atoms with van der Waals surface area (Å²) in [6.45, 7) is -2.91. The van der Waals surface area contributed by atoms with Gasteiger partial charge in [0.25, 0.3) is 0 Å². The zero-order chi connectivity index (χ0) is 12.4. The van der Waals surface area contributed by atoms with Crippen molar-refractivity contribution in [2.45, 2.75) is 6.61 Å². The maximum Gasteiger partial charge on any atom is 0.489 e. The van der Waals surface area contributed by atoms with Gasteiger partial charge in [0, 0.05) is 5.39 Å². The first-order valence-corrected chi connectivity index (χ1v) is 4.92. The summed E-state index contributed by atoms with van der Waals surface area (Å²) in [6, 6.07) is 9.18. The second-order valence-electron chi connectivity index (χ2n) is 3.45. The van der Waals surface area contributed by atoms with Crippen LogP contribution in [0.4, 0.5) is 8.78 Å². The molecule has 3 nitrogen and oxygen atoms in total. The van der Waals surface area contributed by atoms with Gasteiger partial charge in [-0.05, 0) is 16.9 Å². The average molecular weight is 238 g/mol. The maximum absolute atomic E-state index is 12.2. The minimum Gasteiger partial charge on any atom is -0.434 e. The van der Waals surface area contributed by atoms with Crippen LogP contribution in [0.25, 0.3) is 10.8 Å². The lowest BCUT2D eigenvalue weighted by molar-refractivity contribution is -0.0487. The Balaban J connectivity index is 2.61. The number of alkyl halides is 2. The highest BCUT2D eigenvalue weighted by molar-refractivity contribution is 6.62. The number of hydrogen-bond acceptors (Lipinski definition) is 3. The summed E-state index contributed by atoms with van der Waals surface area (Å²) in [5.41, 5.74) is 0.252. The Bertz CT molecular complexity index is 531. The lowest BCUT2D eigenvalue weighted by Crippen LogP contribution is -2.30. The molecular weight excluding hydrogens is 229 g/mol. The third-order valence-corrected chi connectivity index (χ3v) is 2.41. The predicted octanol–water partition coefficient (Wildman–Crippen LogP) is 1.12. The second-order valence-corrected chi connectivity index (χ2v) is 3.45. The van der Waals surface area contributed by atoms with Crippen molar-refractivity contribution in [2.75, 3.05) is 0 Å². The van der Waals surface area contributed by atoms with Crippen molar-refractivity contribution < 1.29 is 23.6 Å². The molecule has 0 saturated carbocycles. The molecule has 0 aliphatic heterocycles. The van der Waals surface area contributed by atoms with Crippen LogP contribution in [0.5, 0.6) is 5.75 Å². The van der Waals surface area contributed by atoms with Gasteiger partial charge in [-0.3, -0.25) is 0 Å². The molecule has 2 rings (SSSR count). The Morgan fingerprint density at radius 1 is 1.00 bits per heavy atom. The molecule has 0 unspecified atom stereocenters. The molecule has 2 N–H and O–H groups in total. The van der Waals surface area contributed by atoms with E-state index in [9.17, 15) is 8.78 Å². The fraction of sp³-hybridized carbons (Fsp3) is 0.0909. The molecular formula is C11H9BF2O3. The first-order valence-electron chi connectivity index (χ1n) is 4.92. The molecule has 0 amide bonds. The summed E-state index contributed by atoms with van der Waals surface area (Å²) in [6.07, 6.45) is 0. The molecule has 0 radical (unpaired) electrons. The van der Waals surface area contributed by atoms with E-state index in [1.807, 2.05) is 0 Å². The number of ether oxygens (including phenoxy) is 1. The SMILES string of the molecule is OB(O)c1cccc2c(OC(F)F)cccc12. The topological polar surface area (TPSA) is 49.7 Å². The van der Waals surface area contributed by atoms with E-state index in [1.54, 1.807) is 18.2 Å². The van der Waals surface area contributed by atoms with Crippen LogP contribution in [0.2, 0.25) is 0 Å². The molecule has 0 spiro atoms. The van der Waals surface area contributed by atoms with Gasteiger partial charge in [-0.15, -0.1) is 0 Å². The summed E-state index contributed by atoms with van der Waals surface area (Å²) in [5.74, 6) is 0.0139. The zero-order valence-electron chi connectivity index (χ0n) is 8.68. The minimum atomic E-state index is -2.91. The minimum absolute atomic E-state index is 0.0139. The first-order chi connectivity index (χ1) is 8.09. The van der Waals surface area contributed by atoms with Crippen molar-refractivity contribution in [1.29, 1.82) is 0 Å². The lowest BCUT2D eigenvalue weighted by atomic mass is 9.77. The normalized spacial score (nSPS) is 10.9. The van der Waals surface area contributed by atoms with E-state index < -0.39 is 13.7 Å². The van der Waals surface area contributed by atoms with Gasteiger partial charge in [0.1, 0.15) is 5.75 Å². The number of rotatable bonds is 3. The van der Waals surface area contributed by atoms with E-state index in [0.29, 0.717) is 10.8 Å². The van der Waals surface area contributed by atoms with Crippen molar-refractivity contribution >= 4 is 23.4 Å². The molecule has 0 heterocycles. The Kier molecular flexibility index (Phi) is 3.26. The highest BCUT2D eigenvalue weighted by Crippen LogP contribution is 2.25. The lowest BCUT2D eigenvalue weighted by Gasteiger charge is -2.10. The summed E-state index contributed by atoms with van der Waals surface area (Å²) in [4.78, 5) is 0. The monoisotopic (exact) mass is 238 g/mol. The smallest absolute Gasteiger partial charge is 0.434 e. The largest absolute Gasteiger partial charge is 0.489 e. The summed E-state index contributed by atoms with van der Waals surface area (Å²) >= 11 is 0.